The first-order chi connectivity index (χ1) is 8.56. The fourth-order valence-electron chi connectivity index (χ4n) is 1.63. The van der Waals surface area contributed by atoms with Gasteiger partial charge in [-0.25, -0.2) is 4.39 Å². The van der Waals surface area contributed by atoms with E-state index in [9.17, 15) is 4.39 Å². The average molecular weight is 329 g/mol. The highest BCUT2D eigenvalue weighted by molar-refractivity contribution is 9.09. The van der Waals surface area contributed by atoms with Gasteiger partial charge in [0.2, 0.25) is 0 Å². The van der Waals surface area contributed by atoms with Gasteiger partial charge in [0, 0.05) is 23.1 Å². The van der Waals surface area contributed by atoms with E-state index in [-0.39, 0.29) is 9.85 Å². The van der Waals surface area contributed by atoms with E-state index in [2.05, 4.69) is 20.9 Å². The van der Waals surface area contributed by atoms with Gasteiger partial charge < -0.3 is 0 Å². The second kappa shape index (κ2) is 5.81. The summed E-state index contributed by atoms with van der Waals surface area (Å²) in [6.45, 7) is 2.00. The summed E-state index contributed by atoms with van der Waals surface area (Å²) < 4.78 is 13.4. The van der Waals surface area contributed by atoms with Crippen molar-refractivity contribution in [3.63, 3.8) is 0 Å². The zero-order valence-corrected chi connectivity index (χ0v) is 12.2. The number of halogens is 3. The molecule has 0 aliphatic rings. The van der Waals surface area contributed by atoms with Crippen molar-refractivity contribution in [1.29, 1.82) is 0 Å². The van der Waals surface area contributed by atoms with Crippen molar-refractivity contribution in [3.05, 3.63) is 64.2 Å². The first kappa shape index (κ1) is 13.5. The minimum Gasteiger partial charge on any atom is -0.261 e. The van der Waals surface area contributed by atoms with E-state index >= 15 is 0 Å². The number of aromatic nitrogens is 1. The molecule has 0 bridgehead atoms. The molecule has 0 aliphatic carbocycles. The van der Waals surface area contributed by atoms with Gasteiger partial charge in [0.05, 0.1) is 5.02 Å². The van der Waals surface area contributed by atoms with Crippen LogP contribution in [0.1, 0.15) is 21.6 Å². The van der Waals surface area contributed by atoms with Gasteiger partial charge in [-0.2, -0.15) is 0 Å². The molecule has 0 fully saturated rings. The molecule has 0 aliphatic heterocycles. The van der Waals surface area contributed by atoms with Crippen LogP contribution in [-0.2, 0) is 6.42 Å². The monoisotopic (exact) mass is 327 g/mol. The smallest absolute Gasteiger partial charge is 0.142 e. The van der Waals surface area contributed by atoms with E-state index in [0.717, 1.165) is 16.8 Å². The molecule has 0 N–H and O–H groups in total. The Morgan fingerprint density at radius 3 is 2.72 bits per heavy atom. The molecule has 2 rings (SSSR count). The van der Waals surface area contributed by atoms with Crippen molar-refractivity contribution in [2.45, 2.75) is 18.2 Å². The molecule has 0 radical (unpaired) electrons. The Bertz CT molecular complexity index is 542. The number of hydrogen-bond donors (Lipinski definition) is 0. The molecular formula is C14H12BrClFN. The van der Waals surface area contributed by atoms with Crippen LogP contribution in [0.25, 0.3) is 0 Å². The third-order valence-corrected chi connectivity index (χ3v) is 3.83. The zero-order chi connectivity index (χ0) is 13.1. The molecule has 0 amide bonds. The predicted octanol–water partition coefficient (Wildman–Crippen LogP) is 4.86. The average Bonchev–Trinajstić information content (AvgIpc) is 2.35. The molecule has 1 nitrogen and oxygen atoms in total. The summed E-state index contributed by atoms with van der Waals surface area (Å²) in [7, 11) is 0. The van der Waals surface area contributed by atoms with Crippen molar-refractivity contribution in [2.75, 3.05) is 0 Å². The fraction of sp³-hybridized carbons (Fsp3) is 0.214. The van der Waals surface area contributed by atoms with Crippen molar-refractivity contribution < 1.29 is 4.39 Å². The summed E-state index contributed by atoms with van der Waals surface area (Å²) in [5, 5.41) is 0.145. The molecule has 4 heteroatoms. The lowest BCUT2D eigenvalue weighted by molar-refractivity contribution is 0.625. The fourth-order valence-corrected chi connectivity index (χ4v) is 2.36. The van der Waals surface area contributed by atoms with Gasteiger partial charge in [-0.15, -0.1) is 0 Å². The largest absolute Gasteiger partial charge is 0.261 e. The van der Waals surface area contributed by atoms with Crippen LogP contribution in [0.5, 0.6) is 0 Å². The van der Waals surface area contributed by atoms with Gasteiger partial charge in [-0.1, -0.05) is 39.7 Å². The molecule has 1 aromatic heterocycles. The number of alkyl halides is 1. The Hall–Kier alpha value is -0.930. The molecular weight excluding hydrogens is 317 g/mol. The van der Waals surface area contributed by atoms with Crippen LogP contribution in [0.15, 0.2) is 36.5 Å². The number of pyridine rings is 1. The molecule has 0 saturated heterocycles. The maximum Gasteiger partial charge on any atom is 0.142 e. The van der Waals surface area contributed by atoms with Crippen LogP contribution in [0.3, 0.4) is 0 Å². The Kier molecular flexibility index (Phi) is 4.36. The lowest BCUT2D eigenvalue weighted by atomic mass is 10.1. The van der Waals surface area contributed by atoms with Gasteiger partial charge in [0.1, 0.15) is 5.82 Å². The van der Waals surface area contributed by atoms with Crippen LogP contribution in [-0.4, -0.2) is 4.98 Å². The van der Waals surface area contributed by atoms with E-state index in [1.807, 2.05) is 31.3 Å². The molecule has 1 aromatic carbocycles. The standard InChI is InChI=1S/C14H12BrClFN/c1-9-2-4-11(18-8-9)7-12(15)10-3-5-13(16)14(17)6-10/h2-6,8,12H,7H2,1H3. The molecule has 0 spiro atoms. The zero-order valence-electron chi connectivity index (χ0n) is 9.83. The van der Waals surface area contributed by atoms with Crippen LogP contribution in [0.4, 0.5) is 4.39 Å². The Morgan fingerprint density at radius 2 is 2.11 bits per heavy atom. The number of nitrogens with zero attached hydrogens (tertiary/aromatic N) is 1. The van der Waals surface area contributed by atoms with Gasteiger partial charge in [-0.05, 0) is 36.2 Å². The predicted molar refractivity (Wildman–Crippen MR) is 75.8 cm³/mol. The second-order valence-corrected chi connectivity index (χ2v) is 5.68. The second-order valence-electron chi connectivity index (χ2n) is 4.17. The summed E-state index contributed by atoms with van der Waals surface area (Å²) in [5.74, 6) is -0.393. The van der Waals surface area contributed by atoms with Crippen molar-refractivity contribution >= 4 is 27.5 Å². The maximum atomic E-state index is 13.4. The summed E-state index contributed by atoms with van der Waals surface area (Å²) in [4.78, 5) is 4.36. The van der Waals surface area contributed by atoms with Crippen LogP contribution in [0, 0.1) is 12.7 Å². The van der Waals surface area contributed by atoms with E-state index < -0.39 is 5.82 Å². The van der Waals surface area contributed by atoms with E-state index in [1.54, 1.807) is 6.07 Å². The van der Waals surface area contributed by atoms with E-state index in [4.69, 9.17) is 11.6 Å². The minimum atomic E-state index is -0.393. The van der Waals surface area contributed by atoms with Crippen LogP contribution >= 0.6 is 27.5 Å². The molecule has 1 heterocycles. The first-order valence-electron chi connectivity index (χ1n) is 5.57. The quantitative estimate of drug-likeness (QED) is 0.733. The molecule has 94 valence electrons. The van der Waals surface area contributed by atoms with E-state index in [0.29, 0.717) is 6.42 Å². The third kappa shape index (κ3) is 3.30. The van der Waals surface area contributed by atoms with Crippen molar-refractivity contribution in [2.24, 2.45) is 0 Å². The van der Waals surface area contributed by atoms with E-state index in [1.165, 1.54) is 6.07 Å². The topological polar surface area (TPSA) is 12.9 Å². The minimum absolute atomic E-state index is 0.0273. The molecule has 0 saturated carbocycles. The summed E-state index contributed by atoms with van der Waals surface area (Å²) >= 11 is 9.21. The van der Waals surface area contributed by atoms with Gasteiger partial charge in [-0.3, -0.25) is 4.98 Å². The molecule has 1 unspecified atom stereocenters. The summed E-state index contributed by atoms with van der Waals surface area (Å²) in [5.41, 5.74) is 2.96. The van der Waals surface area contributed by atoms with Gasteiger partial charge in [0.15, 0.2) is 0 Å². The van der Waals surface area contributed by atoms with Crippen LogP contribution in [0.2, 0.25) is 5.02 Å². The number of rotatable bonds is 3. The Labute approximate surface area is 119 Å². The molecule has 1 atom stereocenters. The Morgan fingerprint density at radius 1 is 1.33 bits per heavy atom. The lowest BCUT2D eigenvalue weighted by Gasteiger charge is -2.10. The molecule has 18 heavy (non-hydrogen) atoms. The SMILES string of the molecule is Cc1ccc(CC(Br)c2ccc(Cl)c(F)c2)nc1. The highest BCUT2D eigenvalue weighted by atomic mass is 79.9. The maximum absolute atomic E-state index is 13.4. The highest BCUT2D eigenvalue weighted by Gasteiger charge is 2.11. The van der Waals surface area contributed by atoms with Gasteiger partial charge in [0.25, 0.3) is 0 Å². The summed E-state index contributed by atoms with van der Waals surface area (Å²) in [6, 6.07) is 8.85. The van der Waals surface area contributed by atoms with Crippen LogP contribution < -0.4 is 0 Å². The lowest BCUT2D eigenvalue weighted by Crippen LogP contribution is -1.98. The Balaban J connectivity index is 2.13. The van der Waals surface area contributed by atoms with Crippen molar-refractivity contribution in [3.8, 4) is 0 Å². The number of aryl methyl sites for hydroxylation is 1. The third-order valence-electron chi connectivity index (χ3n) is 2.67. The highest BCUT2D eigenvalue weighted by Crippen LogP contribution is 2.28. The van der Waals surface area contributed by atoms with Gasteiger partial charge >= 0.3 is 0 Å². The number of benzene rings is 1. The van der Waals surface area contributed by atoms with Crippen molar-refractivity contribution in [1.82, 2.24) is 4.98 Å². The summed E-state index contributed by atoms with van der Waals surface area (Å²) in [6.07, 6.45) is 2.54. The number of hydrogen-bond acceptors (Lipinski definition) is 1. The molecule has 2 aromatic rings. The normalized spacial score (nSPS) is 12.4. The first-order valence-corrected chi connectivity index (χ1v) is 6.86.